The highest BCUT2D eigenvalue weighted by Gasteiger charge is 2.33. The molecule has 0 aliphatic rings. The van der Waals surface area contributed by atoms with Gasteiger partial charge in [0.05, 0.1) is 19.7 Å². The predicted octanol–water partition coefficient (Wildman–Crippen LogP) is 4.64. The maximum Gasteiger partial charge on any atom is 0.0990 e. The predicted molar refractivity (Wildman–Crippen MR) is 77.2 cm³/mol. The van der Waals surface area contributed by atoms with Crippen LogP contribution < -0.4 is 0 Å². The number of hydrogen-bond donors (Lipinski definition) is 0. The van der Waals surface area contributed by atoms with Gasteiger partial charge in [0.2, 0.25) is 0 Å². The SMILES string of the molecule is CC(C)(C)[Si](C)(C)/C=C(/C#N)c1ccccc1. The van der Waals surface area contributed by atoms with Crippen molar-refractivity contribution >= 4 is 13.6 Å². The number of nitriles is 1. The first-order valence-electron chi connectivity index (χ1n) is 5.96. The second-order valence-corrected chi connectivity index (χ2v) is 11.2. The molecule has 1 aromatic carbocycles. The Morgan fingerprint density at radius 3 is 2.12 bits per heavy atom. The molecule has 0 bridgehead atoms. The summed E-state index contributed by atoms with van der Waals surface area (Å²) in [5.74, 6) is 0. The topological polar surface area (TPSA) is 23.8 Å². The van der Waals surface area contributed by atoms with Gasteiger partial charge in [-0.3, -0.25) is 0 Å². The minimum Gasteiger partial charge on any atom is -0.192 e. The van der Waals surface area contributed by atoms with Crippen molar-refractivity contribution in [1.82, 2.24) is 0 Å². The van der Waals surface area contributed by atoms with Crippen LogP contribution in [0.15, 0.2) is 36.0 Å². The Balaban J connectivity index is 3.18. The van der Waals surface area contributed by atoms with E-state index in [1.807, 2.05) is 30.3 Å². The summed E-state index contributed by atoms with van der Waals surface area (Å²) in [6.45, 7) is 11.4. The first-order chi connectivity index (χ1) is 7.78. The Hall–Kier alpha value is -1.33. The average Bonchev–Trinajstić information content (AvgIpc) is 2.25. The third-order valence-electron chi connectivity index (χ3n) is 3.64. The zero-order valence-electron chi connectivity index (χ0n) is 11.4. The molecule has 2 heteroatoms. The summed E-state index contributed by atoms with van der Waals surface area (Å²) in [7, 11) is -1.56. The fourth-order valence-corrected chi connectivity index (χ4v) is 2.76. The fraction of sp³-hybridized carbons (Fsp3) is 0.400. The van der Waals surface area contributed by atoms with Crippen LogP contribution >= 0.6 is 0 Å². The van der Waals surface area contributed by atoms with Gasteiger partial charge in [-0.25, -0.2) is 0 Å². The molecule has 0 saturated carbocycles. The van der Waals surface area contributed by atoms with Crippen LogP contribution in [0.5, 0.6) is 0 Å². The molecule has 0 spiro atoms. The molecule has 0 N–H and O–H groups in total. The summed E-state index contributed by atoms with van der Waals surface area (Å²) in [6.07, 6.45) is 0. The van der Waals surface area contributed by atoms with Gasteiger partial charge in [0, 0.05) is 0 Å². The molecule has 0 unspecified atom stereocenters. The lowest BCUT2D eigenvalue weighted by Crippen LogP contribution is -2.35. The van der Waals surface area contributed by atoms with Crippen LogP contribution in [-0.2, 0) is 0 Å². The monoisotopic (exact) mass is 243 g/mol. The molecule has 90 valence electrons. The van der Waals surface area contributed by atoms with Gasteiger partial charge in [-0.05, 0) is 10.6 Å². The van der Waals surface area contributed by atoms with Crippen LogP contribution in [0.25, 0.3) is 5.57 Å². The third kappa shape index (κ3) is 3.31. The van der Waals surface area contributed by atoms with Gasteiger partial charge in [0.25, 0.3) is 0 Å². The van der Waals surface area contributed by atoms with Crippen molar-refractivity contribution in [2.75, 3.05) is 0 Å². The van der Waals surface area contributed by atoms with Crippen LogP contribution in [0.4, 0.5) is 0 Å². The quantitative estimate of drug-likeness (QED) is 0.548. The molecule has 1 aromatic rings. The number of rotatable bonds is 2. The molecule has 1 rings (SSSR count). The number of hydrogen-bond acceptors (Lipinski definition) is 1. The first kappa shape index (κ1) is 13.7. The van der Waals surface area contributed by atoms with E-state index in [1.54, 1.807) is 0 Å². The summed E-state index contributed by atoms with van der Waals surface area (Å²) in [4.78, 5) is 0. The van der Waals surface area contributed by atoms with Gasteiger partial charge < -0.3 is 0 Å². The van der Waals surface area contributed by atoms with Crippen molar-refractivity contribution in [3.05, 3.63) is 41.6 Å². The van der Waals surface area contributed by atoms with Gasteiger partial charge >= 0.3 is 0 Å². The zero-order valence-corrected chi connectivity index (χ0v) is 12.4. The average molecular weight is 243 g/mol. The molecule has 17 heavy (non-hydrogen) atoms. The van der Waals surface area contributed by atoms with E-state index < -0.39 is 8.07 Å². The van der Waals surface area contributed by atoms with Crippen LogP contribution in [-0.4, -0.2) is 8.07 Å². The second-order valence-electron chi connectivity index (χ2n) is 6.01. The summed E-state index contributed by atoms with van der Waals surface area (Å²) < 4.78 is 0. The Morgan fingerprint density at radius 1 is 1.18 bits per heavy atom. The molecular weight excluding hydrogens is 222 g/mol. The van der Waals surface area contributed by atoms with Gasteiger partial charge in [-0.2, -0.15) is 5.26 Å². The van der Waals surface area contributed by atoms with Crippen molar-refractivity contribution < 1.29 is 0 Å². The Kier molecular flexibility index (Phi) is 3.95. The third-order valence-corrected chi connectivity index (χ3v) is 8.52. The molecule has 0 radical (unpaired) electrons. The minimum atomic E-state index is -1.56. The summed E-state index contributed by atoms with van der Waals surface area (Å²) in [5, 5.41) is 9.58. The van der Waals surface area contributed by atoms with Crippen LogP contribution in [0.1, 0.15) is 26.3 Å². The molecule has 1 nitrogen and oxygen atoms in total. The van der Waals surface area contributed by atoms with Crippen molar-refractivity contribution in [3.63, 3.8) is 0 Å². The molecule has 0 saturated heterocycles. The standard InChI is InChI=1S/C15H21NSi/c1-15(2,3)17(4,5)12-14(11-16)13-9-7-6-8-10-13/h6-10,12H,1-5H3/b14-12-. The normalized spacial score (nSPS) is 13.3. The Morgan fingerprint density at radius 2 is 1.71 bits per heavy atom. The first-order valence-corrected chi connectivity index (χ1v) is 9.04. The highest BCUT2D eigenvalue weighted by atomic mass is 28.3. The van der Waals surface area contributed by atoms with Crippen molar-refractivity contribution in [1.29, 1.82) is 5.26 Å². The van der Waals surface area contributed by atoms with E-state index in [4.69, 9.17) is 0 Å². The number of benzene rings is 1. The lowest BCUT2D eigenvalue weighted by Gasteiger charge is -2.34. The number of nitrogens with zero attached hydrogens (tertiary/aromatic N) is 1. The largest absolute Gasteiger partial charge is 0.192 e. The summed E-state index contributed by atoms with van der Waals surface area (Å²) >= 11 is 0. The van der Waals surface area contributed by atoms with Crippen LogP contribution in [0, 0.1) is 11.3 Å². The lowest BCUT2D eigenvalue weighted by atomic mass is 10.1. The molecule has 0 fully saturated rings. The van der Waals surface area contributed by atoms with E-state index in [0.29, 0.717) is 0 Å². The van der Waals surface area contributed by atoms with Crippen LogP contribution in [0.2, 0.25) is 18.1 Å². The Bertz CT molecular complexity index is 444. The van der Waals surface area contributed by atoms with E-state index >= 15 is 0 Å². The van der Waals surface area contributed by atoms with Crippen molar-refractivity contribution in [3.8, 4) is 6.07 Å². The molecule has 0 aromatic heterocycles. The fourth-order valence-electron chi connectivity index (χ4n) is 1.38. The number of allylic oxidation sites excluding steroid dienone is 1. The van der Waals surface area contributed by atoms with Crippen LogP contribution in [0.3, 0.4) is 0 Å². The van der Waals surface area contributed by atoms with E-state index in [1.165, 1.54) is 0 Å². The smallest absolute Gasteiger partial charge is 0.0990 e. The molecule has 0 atom stereocenters. The van der Waals surface area contributed by atoms with E-state index in [-0.39, 0.29) is 5.04 Å². The maximum absolute atomic E-state index is 9.31. The molecule has 0 aliphatic heterocycles. The van der Waals surface area contributed by atoms with E-state index in [0.717, 1.165) is 11.1 Å². The van der Waals surface area contributed by atoms with Gasteiger partial charge in [-0.1, -0.05) is 69.9 Å². The van der Waals surface area contributed by atoms with Gasteiger partial charge in [0.15, 0.2) is 0 Å². The second kappa shape index (κ2) is 4.89. The Labute approximate surface area is 106 Å². The molecule has 0 amide bonds. The van der Waals surface area contributed by atoms with E-state index in [2.05, 4.69) is 45.6 Å². The minimum absolute atomic E-state index is 0.268. The van der Waals surface area contributed by atoms with Crippen molar-refractivity contribution in [2.45, 2.75) is 38.9 Å². The lowest BCUT2D eigenvalue weighted by molar-refractivity contribution is 0.729. The maximum atomic E-state index is 9.31. The molecular formula is C15H21NSi. The highest BCUT2D eigenvalue weighted by molar-refractivity contribution is 6.85. The molecule has 0 aliphatic carbocycles. The highest BCUT2D eigenvalue weighted by Crippen LogP contribution is 2.38. The van der Waals surface area contributed by atoms with Gasteiger partial charge in [-0.15, -0.1) is 0 Å². The summed E-state index contributed by atoms with van der Waals surface area (Å²) in [5.41, 5.74) is 4.07. The summed E-state index contributed by atoms with van der Waals surface area (Å²) in [6, 6.07) is 12.3. The van der Waals surface area contributed by atoms with Crippen molar-refractivity contribution in [2.24, 2.45) is 0 Å². The zero-order chi connectivity index (χ0) is 13.1. The van der Waals surface area contributed by atoms with E-state index in [9.17, 15) is 5.26 Å². The molecule has 0 heterocycles. The van der Waals surface area contributed by atoms with Gasteiger partial charge in [0.1, 0.15) is 0 Å².